The predicted octanol–water partition coefficient (Wildman–Crippen LogP) is 7.89. The molecule has 3 aromatic rings. The molecule has 0 unspecified atom stereocenters. The first kappa shape index (κ1) is 27.1. The zero-order chi connectivity index (χ0) is 25.3. The van der Waals surface area contributed by atoms with Crippen LogP contribution in [-0.4, -0.2) is 37.8 Å². The Morgan fingerprint density at radius 1 is 1.00 bits per heavy atom. The quantitative estimate of drug-likeness (QED) is 0.214. The number of halogens is 1. The maximum atomic E-state index is 6.67. The number of hydrogen-bond donors (Lipinski definition) is 0. The van der Waals surface area contributed by atoms with E-state index in [1.54, 1.807) is 0 Å². The summed E-state index contributed by atoms with van der Waals surface area (Å²) in [5.74, 6) is 0. The van der Waals surface area contributed by atoms with Crippen molar-refractivity contribution in [1.29, 1.82) is 0 Å². The minimum Gasteiger partial charge on any atom is -0.413 e. The summed E-state index contributed by atoms with van der Waals surface area (Å²) in [5, 5.41) is 6.49. The summed E-state index contributed by atoms with van der Waals surface area (Å²) in [6, 6.07) is 7.39. The molecule has 0 atom stereocenters. The second kappa shape index (κ2) is 10.2. The number of aromatic nitrogens is 3. The van der Waals surface area contributed by atoms with Crippen LogP contribution >= 0.6 is 11.6 Å². The van der Waals surface area contributed by atoms with Gasteiger partial charge in [-0.25, -0.2) is 4.68 Å². The molecule has 0 aliphatic carbocycles. The number of ether oxygens (including phenoxy) is 1. The highest BCUT2D eigenvalue weighted by molar-refractivity contribution is 6.76. The van der Waals surface area contributed by atoms with E-state index in [0.717, 1.165) is 45.9 Å². The highest BCUT2D eigenvalue weighted by Crippen LogP contribution is 2.39. The van der Waals surface area contributed by atoms with Crippen molar-refractivity contribution in [3.63, 3.8) is 0 Å². The van der Waals surface area contributed by atoms with Crippen LogP contribution in [0.5, 0.6) is 0 Å². The molecule has 0 bridgehead atoms. The largest absolute Gasteiger partial charge is 0.413 e. The van der Waals surface area contributed by atoms with E-state index < -0.39 is 16.4 Å². The van der Waals surface area contributed by atoms with Crippen LogP contribution in [0.4, 0.5) is 0 Å². The number of rotatable bonds is 9. The van der Waals surface area contributed by atoms with E-state index in [1.807, 2.05) is 30.1 Å². The standard InChI is InChI=1S/C26H40ClN3O2Si2/c1-19-12-24(27)23(16-28-19)22-13-20-15-29-30(18-31-10-11-33(5,6)7)25(20)14-21(22)17-32-34(8,9)26(2,3)4/h12-16H,10-11,17-18H2,1-9H3. The molecule has 0 aliphatic rings. The second-order valence-corrected chi connectivity index (χ2v) is 22.8. The van der Waals surface area contributed by atoms with Gasteiger partial charge in [0.2, 0.25) is 0 Å². The van der Waals surface area contributed by atoms with Gasteiger partial charge < -0.3 is 9.16 Å². The summed E-state index contributed by atoms with van der Waals surface area (Å²) in [4.78, 5) is 4.51. The molecule has 186 valence electrons. The molecular weight excluding hydrogens is 478 g/mol. The van der Waals surface area contributed by atoms with Crippen LogP contribution in [-0.2, 0) is 22.5 Å². The van der Waals surface area contributed by atoms with Crippen molar-refractivity contribution >= 4 is 38.9 Å². The van der Waals surface area contributed by atoms with Crippen LogP contribution in [0.2, 0.25) is 48.8 Å². The molecule has 2 heterocycles. The number of nitrogens with zero attached hydrogens (tertiary/aromatic N) is 3. The third-order valence-electron chi connectivity index (χ3n) is 6.75. The van der Waals surface area contributed by atoms with Gasteiger partial charge in [0.15, 0.2) is 8.32 Å². The van der Waals surface area contributed by atoms with Crippen molar-refractivity contribution in [1.82, 2.24) is 14.8 Å². The van der Waals surface area contributed by atoms with E-state index in [2.05, 4.69) is 75.7 Å². The minimum absolute atomic E-state index is 0.131. The summed E-state index contributed by atoms with van der Waals surface area (Å²) in [5.41, 5.74) is 5.00. The van der Waals surface area contributed by atoms with Gasteiger partial charge in [0.1, 0.15) is 6.73 Å². The normalized spacial score (nSPS) is 13.1. The van der Waals surface area contributed by atoms with Gasteiger partial charge >= 0.3 is 0 Å². The van der Waals surface area contributed by atoms with Crippen molar-refractivity contribution in [2.75, 3.05) is 6.61 Å². The van der Waals surface area contributed by atoms with Gasteiger partial charge in [-0.2, -0.15) is 5.10 Å². The molecule has 34 heavy (non-hydrogen) atoms. The molecule has 0 saturated heterocycles. The lowest BCUT2D eigenvalue weighted by Crippen LogP contribution is -2.40. The molecule has 5 nitrogen and oxygen atoms in total. The lowest BCUT2D eigenvalue weighted by molar-refractivity contribution is 0.0817. The molecule has 0 saturated carbocycles. The Morgan fingerprint density at radius 3 is 2.32 bits per heavy atom. The number of hydrogen-bond acceptors (Lipinski definition) is 4. The molecule has 0 spiro atoms. The van der Waals surface area contributed by atoms with E-state index in [9.17, 15) is 0 Å². The molecule has 0 aliphatic heterocycles. The Labute approximate surface area is 212 Å². The smallest absolute Gasteiger partial charge is 0.192 e. The van der Waals surface area contributed by atoms with Crippen LogP contribution in [0.15, 0.2) is 30.6 Å². The topological polar surface area (TPSA) is 49.2 Å². The number of benzene rings is 1. The van der Waals surface area contributed by atoms with Crippen LogP contribution in [0, 0.1) is 6.92 Å². The van der Waals surface area contributed by atoms with Crippen molar-refractivity contribution < 1.29 is 9.16 Å². The fraction of sp³-hybridized carbons (Fsp3) is 0.538. The van der Waals surface area contributed by atoms with Crippen LogP contribution in [0.3, 0.4) is 0 Å². The predicted molar refractivity (Wildman–Crippen MR) is 149 cm³/mol. The Kier molecular flexibility index (Phi) is 8.15. The molecule has 0 amide bonds. The molecule has 2 aromatic heterocycles. The number of fused-ring (bicyclic) bond motifs is 1. The number of aryl methyl sites for hydroxylation is 1. The van der Waals surface area contributed by atoms with Gasteiger partial charge in [-0.15, -0.1) is 0 Å². The van der Waals surface area contributed by atoms with E-state index in [1.165, 1.54) is 0 Å². The third kappa shape index (κ3) is 6.58. The minimum atomic E-state index is -1.93. The summed E-state index contributed by atoms with van der Waals surface area (Å²) < 4.78 is 14.6. The molecule has 0 radical (unpaired) electrons. The Bertz CT molecular complexity index is 1150. The summed E-state index contributed by atoms with van der Waals surface area (Å²) >= 11 is 6.67. The Morgan fingerprint density at radius 2 is 1.71 bits per heavy atom. The summed E-state index contributed by atoms with van der Waals surface area (Å²) in [6.07, 6.45) is 3.76. The average molecular weight is 518 g/mol. The fourth-order valence-electron chi connectivity index (χ4n) is 3.37. The molecule has 0 fully saturated rings. The summed E-state index contributed by atoms with van der Waals surface area (Å²) in [7, 11) is -3.06. The Hall–Kier alpha value is -1.52. The lowest BCUT2D eigenvalue weighted by atomic mass is 9.99. The lowest BCUT2D eigenvalue weighted by Gasteiger charge is -2.36. The van der Waals surface area contributed by atoms with Crippen molar-refractivity contribution in [2.45, 2.75) is 84.9 Å². The van der Waals surface area contributed by atoms with Crippen LogP contribution in [0.1, 0.15) is 32.0 Å². The monoisotopic (exact) mass is 517 g/mol. The van der Waals surface area contributed by atoms with Gasteiger partial charge in [-0.05, 0) is 60.4 Å². The number of pyridine rings is 1. The van der Waals surface area contributed by atoms with E-state index in [4.69, 9.17) is 20.8 Å². The first-order chi connectivity index (χ1) is 15.7. The zero-order valence-electron chi connectivity index (χ0n) is 22.3. The second-order valence-electron chi connectivity index (χ2n) is 11.9. The molecule has 0 N–H and O–H groups in total. The van der Waals surface area contributed by atoms with Gasteiger partial charge in [0.25, 0.3) is 0 Å². The maximum absolute atomic E-state index is 6.67. The molecule has 3 rings (SSSR count). The summed E-state index contributed by atoms with van der Waals surface area (Å²) in [6.45, 7) is 22.1. The van der Waals surface area contributed by atoms with E-state index in [0.29, 0.717) is 18.4 Å². The van der Waals surface area contributed by atoms with Crippen molar-refractivity contribution in [3.8, 4) is 11.1 Å². The zero-order valence-corrected chi connectivity index (χ0v) is 25.0. The van der Waals surface area contributed by atoms with Gasteiger partial charge in [0.05, 0.1) is 23.3 Å². The molecule has 1 aromatic carbocycles. The van der Waals surface area contributed by atoms with Crippen LogP contribution in [0.25, 0.3) is 22.0 Å². The SMILES string of the molecule is Cc1cc(Cl)c(-c2cc3cnn(COCC[Si](C)(C)C)c3cc2CO[Si](C)(C)C(C)(C)C)cn1. The Balaban J connectivity index is 1.98. The molecular formula is C26H40ClN3O2Si2. The highest BCUT2D eigenvalue weighted by Gasteiger charge is 2.37. The van der Waals surface area contributed by atoms with Gasteiger partial charge in [-0.3, -0.25) is 4.98 Å². The van der Waals surface area contributed by atoms with Crippen molar-refractivity contribution in [2.24, 2.45) is 0 Å². The first-order valence-electron chi connectivity index (χ1n) is 12.0. The van der Waals surface area contributed by atoms with E-state index >= 15 is 0 Å². The van der Waals surface area contributed by atoms with Crippen LogP contribution < -0.4 is 0 Å². The fourth-order valence-corrected chi connectivity index (χ4v) is 5.39. The highest BCUT2D eigenvalue weighted by atomic mass is 35.5. The average Bonchev–Trinajstić information content (AvgIpc) is 3.09. The first-order valence-corrected chi connectivity index (χ1v) is 19.0. The van der Waals surface area contributed by atoms with Gasteiger partial charge in [0, 0.05) is 37.5 Å². The third-order valence-corrected chi connectivity index (χ3v) is 13.2. The van der Waals surface area contributed by atoms with Crippen molar-refractivity contribution in [3.05, 3.63) is 46.9 Å². The maximum Gasteiger partial charge on any atom is 0.192 e. The van der Waals surface area contributed by atoms with E-state index in [-0.39, 0.29) is 5.04 Å². The van der Waals surface area contributed by atoms with Gasteiger partial charge in [-0.1, -0.05) is 52.0 Å². The molecule has 8 heteroatoms.